The van der Waals surface area contributed by atoms with Crippen molar-refractivity contribution in [1.29, 1.82) is 0 Å². The number of hydrogen-bond acceptors (Lipinski definition) is 1. The third kappa shape index (κ3) is 1.75. The monoisotopic (exact) mass is 244 g/mol. The number of aromatic amines is 1. The number of H-pyrrole nitrogens is 1. The number of benzene rings is 1. The zero-order valence-electron chi connectivity index (χ0n) is 10.7. The third-order valence-corrected chi connectivity index (χ3v) is 3.68. The zero-order valence-corrected chi connectivity index (χ0v) is 10.7. The highest BCUT2D eigenvalue weighted by molar-refractivity contribution is 5.94. The Bertz CT molecular complexity index is 622. The van der Waals surface area contributed by atoms with Gasteiger partial charge in [-0.25, -0.2) is 4.39 Å². The molecule has 94 valence electrons. The fourth-order valence-electron chi connectivity index (χ4n) is 2.72. The van der Waals surface area contributed by atoms with Crippen LogP contribution >= 0.6 is 0 Å². The molecule has 0 saturated carbocycles. The summed E-state index contributed by atoms with van der Waals surface area (Å²) in [6, 6.07) is 4.90. The van der Waals surface area contributed by atoms with E-state index in [0.29, 0.717) is 0 Å². The van der Waals surface area contributed by atoms with E-state index in [0.717, 1.165) is 29.6 Å². The molecule has 3 heteroatoms. The van der Waals surface area contributed by atoms with E-state index in [4.69, 9.17) is 0 Å². The second kappa shape index (κ2) is 3.95. The summed E-state index contributed by atoms with van der Waals surface area (Å²) in [5.74, 6) is -0.185. The normalized spacial score (nSPS) is 18.9. The maximum Gasteiger partial charge on any atom is 0.123 e. The number of halogens is 1. The van der Waals surface area contributed by atoms with Gasteiger partial charge < -0.3 is 10.3 Å². The van der Waals surface area contributed by atoms with Gasteiger partial charge >= 0.3 is 0 Å². The van der Waals surface area contributed by atoms with Crippen LogP contribution in [0.25, 0.3) is 16.5 Å². The highest BCUT2D eigenvalue weighted by Crippen LogP contribution is 2.38. The summed E-state index contributed by atoms with van der Waals surface area (Å²) >= 11 is 0. The van der Waals surface area contributed by atoms with Crippen LogP contribution in [0.1, 0.15) is 19.4 Å². The first-order chi connectivity index (χ1) is 8.58. The van der Waals surface area contributed by atoms with E-state index in [1.165, 1.54) is 11.6 Å². The molecule has 0 saturated heterocycles. The van der Waals surface area contributed by atoms with Crippen LogP contribution in [0.2, 0.25) is 0 Å². The van der Waals surface area contributed by atoms with Crippen molar-refractivity contribution in [3.8, 4) is 0 Å². The molecule has 0 amide bonds. The molecule has 0 atom stereocenters. The molecule has 0 fully saturated rings. The summed E-state index contributed by atoms with van der Waals surface area (Å²) in [4.78, 5) is 3.22. The van der Waals surface area contributed by atoms with E-state index < -0.39 is 0 Å². The third-order valence-electron chi connectivity index (χ3n) is 3.68. The van der Waals surface area contributed by atoms with Crippen LogP contribution in [0.5, 0.6) is 0 Å². The molecule has 0 spiro atoms. The summed E-state index contributed by atoms with van der Waals surface area (Å²) in [5.41, 5.74) is 3.47. The Balaban J connectivity index is 2.20. The SMILES string of the molecule is CC1(C)CNCC=C1c1c[nH]c2ccc(F)cc12. The molecular weight excluding hydrogens is 227 g/mol. The molecule has 2 heterocycles. The minimum absolute atomic E-state index is 0.0691. The summed E-state index contributed by atoms with van der Waals surface area (Å²) in [5, 5.41) is 4.33. The quantitative estimate of drug-likeness (QED) is 0.791. The minimum atomic E-state index is -0.185. The van der Waals surface area contributed by atoms with E-state index in [2.05, 4.69) is 30.2 Å². The lowest BCUT2D eigenvalue weighted by Crippen LogP contribution is -2.34. The van der Waals surface area contributed by atoms with Crippen LogP contribution in [-0.4, -0.2) is 18.1 Å². The first-order valence-corrected chi connectivity index (χ1v) is 6.26. The van der Waals surface area contributed by atoms with Crippen LogP contribution in [-0.2, 0) is 0 Å². The summed E-state index contributed by atoms with van der Waals surface area (Å²) in [7, 11) is 0. The van der Waals surface area contributed by atoms with Crippen LogP contribution in [0.4, 0.5) is 4.39 Å². The van der Waals surface area contributed by atoms with Gasteiger partial charge in [-0.2, -0.15) is 0 Å². The molecule has 1 aromatic carbocycles. The molecule has 0 radical (unpaired) electrons. The fourth-order valence-corrected chi connectivity index (χ4v) is 2.72. The zero-order chi connectivity index (χ0) is 12.8. The maximum atomic E-state index is 13.4. The average molecular weight is 244 g/mol. The van der Waals surface area contributed by atoms with Crippen molar-refractivity contribution in [1.82, 2.24) is 10.3 Å². The van der Waals surface area contributed by atoms with Crippen LogP contribution in [0.3, 0.4) is 0 Å². The van der Waals surface area contributed by atoms with Crippen molar-refractivity contribution in [2.24, 2.45) is 5.41 Å². The second-order valence-electron chi connectivity index (χ2n) is 5.52. The van der Waals surface area contributed by atoms with E-state index in [1.807, 2.05) is 6.20 Å². The fraction of sp³-hybridized carbons (Fsp3) is 0.333. The van der Waals surface area contributed by atoms with Gasteiger partial charge in [0, 0.05) is 41.2 Å². The number of nitrogens with one attached hydrogen (secondary N) is 2. The van der Waals surface area contributed by atoms with Gasteiger partial charge in [0.15, 0.2) is 0 Å². The molecule has 1 aliphatic heterocycles. The number of rotatable bonds is 1. The average Bonchev–Trinajstić information content (AvgIpc) is 2.71. The van der Waals surface area contributed by atoms with E-state index in [-0.39, 0.29) is 11.2 Å². The first kappa shape index (κ1) is 11.5. The lowest BCUT2D eigenvalue weighted by Gasteiger charge is -2.32. The first-order valence-electron chi connectivity index (χ1n) is 6.26. The predicted molar refractivity (Wildman–Crippen MR) is 72.9 cm³/mol. The molecule has 18 heavy (non-hydrogen) atoms. The van der Waals surface area contributed by atoms with Crippen molar-refractivity contribution < 1.29 is 4.39 Å². The van der Waals surface area contributed by atoms with Gasteiger partial charge in [0.25, 0.3) is 0 Å². The largest absolute Gasteiger partial charge is 0.361 e. The molecule has 2 N–H and O–H groups in total. The molecule has 0 bridgehead atoms. The summed E-state index contributed by atoms with van der Waals surface area (Å²) in [6.45, 7) is 6.24. The van der Waals surface area contributed by atoms with E-state index in [9.17, 15) is 4.39 Å². The Labute approximate surface area is 106 Å². The van der Waals surface area contributed by atoms with E-state index >= 15 is 0 Å². The number of fused-ring (bicyclic) bond motifs is 1. The Hall–Kier alpha value is -1.61. The highest BCUT2D eigenvalue weighted by atomic mass is 19.1. The maximum absolute atomic E-state index is 13.4. The Kier molecular flexibility index (Phi) is 2.52. The number of aromatic nitrogens is 1. The number of hydrogen-bond donors (Lipinski definition) is 2. The topological polar surface area (TPSA) is 27.8 Å². The van der Waals surface area contributed by atoms with Gasteiger partial charge in [0.1, 0.15) is 5.82 Å². The van der Waals surface area contributed by atoms with Gasteiger partial charge in [-0.05, 0) is 23.8 Å². The predicted octanol–water partition coefficient (Wildman–Crippen LogP) is 3.32. The standard InChI is InChI=1S/C15H17FN2/c1-15(2)9-17-6-5-13(15)12-8-18-14-4-3-10(16)7-11(12)14/h3-5,7-8,17-18H,6,9H2,1-2H3. The summed E-state index contributed by atoms with van der Waals surface area (Å²) in [6.07, 6.45) is 4.19. The molecule has 0 unspecified atom stereocenters. The van der Waals surface area contributed by atoms with Gasteiger partial charge in [0.05, 0.1) is 0 Å². The summed E-state index contributed by atoms with van der Waals surface area (Å²) < 4.78 is 13.4. The Morgan fingerprint density at radius 2 is 2.11 bits per heavy atom. The second-order valence-corrected chi connectivity index (χ2v) is 5.52. The Morgan fingerprint density at radius 1 is 1.28 bits per heavy atom. The van der Waals surface area contributed by atoms with Crippen LogP contribution in [0, 0.1) is 11.2 Å². The van der Waals surface area contributed by atoms with Gasteiger partial charge in [-0.15, -0.1) is 0 Å². The van der Waals surface area contributed by atoms with Crippen molar-refractivity contribution in [3.05, 3.63) is 41.9 Å². The van der Waals surface area contributed by atoms with Crippen molar-refractivity contribution in [2.75, 3.05) is 13.1 Å². The van der Waals surface area contributed by atoms with Gasteiger partial charge in [-0.1, -0.05) is 19.9 Å². The van der Waals surface area contributed by atoms with Crippen LogP contribution < -0.4 is 5.32 Å². The van der Waals surface area contributed by atoms with E-state index in [1.54, 1.807) is 12.1 Å². The molecule has 3 rings (SSSR count). The van der Waals surface area contributed by atoms with Crippen molar-refractivity contribution >= 4 is 16.5 Å². The molecule has 0 aliphatic carbocycles. The molecular formula is C15H17FN2. The Morgan fingerprint density at radius 3 is 2.89 bits per heavy atom. The molecule has 1 aliphatic rings. The van der Waals surface area contributed by atoms with Crippen molar-refractivity contribution in [2.45, 2.75) is 13.8 Å². The minimum Gasteiger partial charge on any atom is -0.361 e. The van der Waals surface area contributed by atoms with Gasteiger partial charge in [-0.3, -0.25) is 0 Å². The highest BCUT2D eigenvalue weighted by Gasteiger charge is 2.28. The molecule has 2 nitrogen and oxygen atoms in total. The lowest BCUT2D eigenvalue weighted by molar-refractivity contribution is 0.446. The lowest BCUT2D eigenvalue weighted by atomic mass is 9.78. The molecule has 2 aromatic rings. The van der Waals surface area contributed by atoms with Crippen LogP contribution in [0.15, 0.2) is 30.5 Å². The van der Waals surface area contributed by atoms with Crippen molar-refractivity contribution in [3.63, 3.8) is 0 Å². The molecule has 1 aromatic heterocycles. The smallest absolute Gasteiger partial charge is 0.123 e. The van der Waals surface area contributed by atoms with Gasteiger partial charge in [0.2, 0.25) is 0 Å².